The standard InChI is InChI=1S/C16H31NO3S/c1-13(2)15(12-14-8-5-4-6-9-14)16(18)17-10-7-11-21(3,19)20/h13-15H,4-12H2,1-3H3,(H,17,18)/t15-/m0/s1. The first kappa shape index (κ1) is 18.5. The molecule has 0 radical (unpaired) electrons. The Morgan fingerprint density at radius 1 is 1.19 bits per heavy atom. The lowest BCUT2D eigenvalue weighted by atomic mass is 9.79. The minimum atomic E-state index is -2.93. The van der Waals surface area contributed by atoms with E-state index in [9.17, 15) is 13.2 Å². The van der Waals surface area contributed by atoms with Crippen LogP contribution in [0.5, 0.6) is 0 Å². The summed E-state index contributed by atoms with van der Waals surface area (Å²) < 4.78 is 22.1. The molecule has 4 nitrogen and oxygen atoms in total. The van der Waals surface area contributed by atoms with Gasteiger partial charge in [-0.3, -0.25) is 4.79 Å². The Hall–Kier alpha value is -0.580. The molecule has 0 saturated heterocycles. The van der Waals surface area contributed by atoms with Gasteiger partial charge < -0.3 is 5.32 Å². The molecule has 1 atom stereocenters. The van der Waals surface area contributed by atoms with E-state index in [4.69, 9.17) is 0 Å². The van der Waals surface area contributed by atoms with Crippen LogP contribution in [0.15, 0.2) is 0 Å². The van der Waals surface area contributed by atoms with E-state index in [1.165, 1.54) is 38.4 Å². The van der Waals surface area contributed by atoms with Gasteiger partial charge in [0.25, 0.3) is 0 Å². The van der Waals surface area contributed by atoms with Gasteiger partial charge in [0.1, 0.15) is 9.84 Å². The Morgan fingerprint density at radius 2 is 1.81 bits per heavy atom. The maximum Gasteiger partial charge on any atom is 0.223 e. The van der Waals surface area contributed by atoms with Crippen LogP contribution in [0.3, 0.4) is 0 Å². The summed E-state index contributed by atoms with van der Waals surface area (Å²) in [6, 6.07) is 0. The van der Waals surface area contributed by atoms with Crippen LogP contribution < -0.4 is 5.32 Å². The Balaban J connectivity index is 2.38. The Kier molecular flexibility index (Phi) is 7.71. The largest absolute Gasteiger partial charge is 0.356 e. The molecule has 1 saturated carbocycles. The quantitative estimate of drug-likeness (QED) is 0.700. The molecule has 1 fully saturated rings. The number of nitrogens with one attached hydrogen (secondary N) is 1. The van der Waals surface area contributed by atoms with E-state index in [1.807, 2.05) is 0 Å². The Bertz CT molecular complexity index is 411. The topological polar surface area (TPSA) is 63.2 Å². The molecule has 0 bridgehead atoms. The smallest absolute Gasteiger partial charge is 0.223 e. The number of rotatable bonds is 8. The zero-order valence-electron chi connectivity index (χ0n) is 13.7. The van der Waals surface area contributed by atoms with Crippen LogP contribution in [0.1, 0.15) is 58.8 Å². The van der Waals surface area contributed by atoms with Gasteiger partial charge in [-0.05, 0) is 24.7 Å². The van der Waals surface area contributed by atoms with Gasteiger partial charge >= 0.3 is 0 Å². The fourth-order valence-corrected chi connectivity index (χ4v) is 3.81. The predicted octanol–water partition coefficient (Wildman–Crippen LogP) is 2.78. The highest BCUT2D eigenvalue weighted by Crippen LogP contribution is 2.31. The Morgan fingerprint density at radius 3 is 2.33 bits per heavy atom. The van der Waals surface area contributed by atoms with Crippen molar-refractivity contribution in [1.29, 1.82) is 0 Å². The van der Waals surface area contributed by atoms with Crippen LogP contribution in [0.25, 0.3) is 0 Å². The summed E-state index contributed by atoms with van der Waals surface area (Å²) in [5.74, 6) is 1.33. The highest BCUT2D eigenvalue weighted by atomic mass is 32.2. The first-order valence-corrected chi connectivity index (χ1v) is 10.3. The summed E-state index contributed by atoms with van der Waals surface area (Å²) in [6.45, 7) is 4.66. The summed E-state index contributed by atoms with van der Waals surface area (Å²) in [5.41, 5.74) is 0. The van der Waals surface area contributed by atoms with Crippen molar-refractivity contribution in [1.82, 2.24) is 5.32 Å². The zero-order valence-corrected chi connectivity index (χ0v) is 14.5. The average molecular weight is 317 g/mol. The van der Waals surface area contributed by atoms with E-state index in [1.54, 1.807) is 0 Å². The number of amides is 1. The molecule has 21 heavy (non-hydrogen) atoms. The second-order valence-corrected chi connectivity index (χ2v) is 9.12. The fourth-order valence-electron chi connectivity index (χ4n) is 3.14. The third-order valence-electron chi connectivity index (χ3n) is 4.44. The number of hydrogen-bond donors (Lipinski definition) is 1. The maximum atomic E-state index is 12.3. The molecule has 0 spiro atoms. The van der Waals surface area contributed by atoms with Crippen LogP contribution in [0.2, 0.25) is 0 Å². The van der Waals surface area contributed by atoms with Crippen molar-refractivity contribution in [3.05, 3.63) is 0 Å². The summed E-state index contributed by atoms with van der Waals surface area (Å²) in [4.78, 5) is 12.3. The van der Waals surface area contributed by atoms with Gasteiger partial charge in [0.05, 0.1) is 5.75 Å². The van der Waals surface area contributed by atoms with Gasteiger partial charge in [0.15, 0.2) is 0 Å². The summed E-state index contributed by atoms with van der Waals surface area (Å²) in [5, 5.41) is 2.92. The van der Waals surface area contributed by atoms with Gasteiger partial charge in [-0.15, -0.1) is 0 Å². The monoisotopic (exact) mass is 317 g/mol. The molecule has 0 aromatic carbocycles. The van der Waals surface area contributed by atoms with Gasteiger partial charge in [-0.25, -0.2) is 8.42 Å². The summed E-state index contributed by atoms with van der Waals surface area (Å²) in [6.07, 6.45) is 9.15. The summed E-state index contributed by atoms with van der Waals surface area (Å²) in [7, 11) is -2.93. The lowest BCUT2D eigenvalue weighted by molar-refractivity contribution is -0.127. The fraction of sp³-hybridized carbons (Fsp3) is 0.938. The average Bonchev–Trinajstić information content (AvgIpc) is 2.40. The first-order chi connectivity index (χ1) is 9.79. The minimum absolute atomic E-state index is 0.0614. The molecule has 1 amide bonds. The molecule has 124 valence electrons. The van der Waals surface area contributed by atoms with E-state index in [2.05, 4.69) is 19.2 Å². The van der Waals surface area contributed by atoms with E-state index < -0.39 is 9.84 Å². The molecule has 0 aromatic rings. The number of carbonyl (C=O) groups excluding carboxylic acids is 1. The van der Waals surface area contributed by atoms with Gasteiger partial charge in [-0.1, -0.05) is 46.0 Å². The maximum absolute atomic E-state index is 12.3. The number of carbonyl (C=O) groups is 1. The SMILES string of the molecule is CC(C)[C@H](CC1CCCCC1)C(=O)NCCCS(C)(=O)=O. The van der Waals surface area contributed by atoms with E-state index in [0.717, 1.165) is 6.42 Å². The second kappa shape index (κ2) is 8.76. The van der Waals surface area contributed by atoms with Crippen LogP contribution >= 0.6 is 0 Å². The van der Waals surface area contributed by atoms with Crippen molar-refractivity contribution in [2.75, 3.05) is 18.6 Å². The molecule has 1 aliphatic rings. The van der Waals surface area contributed by atoms with Crippen LogP contribution in [0.4, 0.5) is 0 Å². The van der Waals surface area contributed by atoms with Gasteiger partial charge in [-0.2, -0.15) is 0 Å². The number of sulfone groups is 1. The van der Waals surface area contributed by atoms with Crippen molar-refractivity contribution in [2.45, 2.75) is 58.8 Å². The van der Waals surface area contributed by atoms with Crippen molar-refractivity contribution in [3.8, 4) is 0 Å². The molecule has 1 N–H and O–H groups in total. The van der Waals surface area contributed by atoms with E-state index in [0.29, 0.717) is 24.8 Å². The molecule has 0 aromatic heterocycles. The van der Waals surface area contributed by atoms with Gasteiger partial charge in [0, 0.05) is 18.7 Å². The predicted molar refractivity (Wildman–Crippen MR) is 86.9 cm³/mol. The lowest BCUT2D eigenvalue weighted by Crippen LogP contribution is -2.36. The third kappa shape index (κ3) is 7.84. The van der Waals surface area contributed by atoms with Crippen molar-refractivity contribution < 1.29 is 13.2 Å². The second-order valence-electron chi connectivity index (χ2n) is 6.86. The lowest BCUT2D eigenvalue weighted by Gasteiger charge is -2.28. The minimum Gasteiger partial charge on any atom is -0.356 e. The van der Waals surface area contributed by atoms with Crippen molar-refractivity contribution in [3.63, 3.8) is 0 Å². The van der Waals surface area contributed by atoms with Crippen LogP contribution in [-0.2, 0) is 14.6 Å². The molecule has 0 heterocycles. The van der Waals surface area contributed by atoms with E-state index in [-0.39, 0.29) is 17.6 Å². The first-order valence-electron chi connectivity index (χ1n) is 8.25. The van der Waals surface area contributed by atoms with Crippen LogP contribution in [-0.4, -0.2) is 32.9 Å². The third-order valence-corrected chi connectivity index (χ3v) is 5.47. The highest BCUT2D eigenvalue weighted by molar-refractivity contribution is 7.90. The van der Waals surface area contributed by atoms with E-state index >= 15 is 0 Å². The molecule has 0 aliphatic heterocycles. The molecule has 0 unspecified atom stereocenters. The molecule has 1 aliphatic carbocycles. The van der Waals surface area contributed by atoms with Crippen LogP contribution in [0, 0.1) is 17.8 Å². The molecular weight excluding hydrogens is 286 g/mol. The molecule has 1 rings (SSSR count). The Labute approximate surface area is 130 Å². The van der Waals surface area contributed by atoms with Crippen molar-refractivity contribution in [2.24, 2.45) is 17.8 Å². The molecular formula is C16H31NO3S. The van der Waals surface area contributed by atoms with Crippen molar-refractivity contribution >= 4 is 15.7 Å². The highest BCUT2D eigenvalue weighted by Gasteiger charge is 2.26. The van der Waals surface area contributed by atoms with Gasteiger partial charge in [0.2, 0.25) is 5.91 Å². The zero-order chi connectivity index (χ0) is 15.9. The normalized spacial score (nSPS) is 18.7. The molecule has 5 heteroatoms. The number of hydrogen-bond acceptors (Lipinski definition) is 3. The summed E-state index contributed by atoms with van der Waals surface area (Å²) >= 11 is 0.